The molecule has 8 heteroatoms. The Morgan fingerprint density at radius 2 is 2.15 bits per heavy atom. The van der Waals surface area contributed by atoms with E-state index in [1.165, 1.54) is 7.11 Å². The summed E-state index contributed by atoms with van der Waals surface area (Å²) in [5, 5.41) is 14.8. The van der Waals surface area contributed by atoms with Gasteiger partial charge in [-0.1, -0.05) is 47.9 Å². The van der Waals surface area contributed by atoms with Crippen molar-refractivity contribution >= 4 is 35.1 Å². The molecule has 1 atom stereocenters. The Morgan fingerprint density at radius 1 is 1.37 bits per heavy atom. The first-order chi connectivity index (χ1) is 13.1. The number of halogens is 1. The van der Waals surface area contributed by atoms with E-state index in [-0.39, 0.29) is 11.7 Å². The third-order valence-electron chi connectivity index (χ3n) is 3.66. The normalized spacial score (nSPS) is 16.0. The molecule has 0 aliphatic carbocycles. The van der Waals surface area contributed by atoms with Gasteiger partial charge in [0.25, 0.3) is 0 Å². The molecule has 1 aliphatic rings. The molecule has 6 nitrogen and oxygen atoms in total. The van der Waals surface area contributed by atoms with Crippen LogP contribution in [-0.2, 0) is 0 Å². The van der Waals surface area contributed by atoms with E-state index in [1.54, 1.807) is 23.4 Å². The van der Waals surface area contributed by atoms with E-state index in [4.69, 9.17) is 39.7 Å². The van der Waals surface area contributed by atoms with Crippen LogP contribution in [0, 0.1) is 12.3 Å². The predicted octanol–water partition coefficient (Wildman–Crippen LogP) is 4.45. The molecular formula is C19H15ClN4O2S. The maximum atomic E-state index is 6.29. The van der Waals surface area contributed by atoms with Gasteiger partial charge in [0.2, 0.25) is 5.11 Å². The highest BCUT2D eigenvalue weighted by molar-refractivity contribution is 7.80. The number of rotatable bonds is 6. The highest BCUT2D eigenvalue weighted by atomic mass is 35.5. The van der Waals surface area contributed by atoms with Crippen LogP contribution in [0.25, 0.3) is 0 Å². The van der Waals surface area contributed by atoms with Crippen molar-refractivity contribution in [1.82, 2.24) is 5.01 Å². The summed E-state index contributed by atoms with van der Waals surface area (Å²) >= 11 is 11.5. The van der Waals surface area contributed by atoms with Crippen LogP contribution in [0.2, 0.25) is 5.02 Å². The molecule has 0 amide bonds. The summed E-state index contributed by atoms with van der Waals surface area (Å²) in [6, 6.07) is 13.1. The summed E-state index contributed by atoms with van der Waals surface area (Å²) in [5.41, 5.74) is 1.64. The summed E-state index contributed by atoms with van der Waals surface area (Å²) in [5.74, 6) is 3.24. The zero-order valence-electron chi connectivity index (χ0n) is 14.4. The summed E-state index contributed by atoms with van der Waals surface area (Å²) in [6.45, 7) is 0.0906. The van der Waals surface area contributed by atoms with Crippen molar-refractivity contribution in [3.63, 3.8) is 0 Å². The molecule has 0 saturated carbocycles. The van der Waals surface area contributed by atoms with Crippen molar-refractivity contribution in [2.45, 2.75) is 6.17 Å². The molecule has 0 saturated heterocycles. The van der Waals surface area contributed by atoms with Gasteiger partial charge in [0, 0.05) is 5.56 Å². The number of thiocarbonyl (C=S) groups is 1. The van der Waals surface area contributed by atoms with Gasteiger partial charge in [0.05, 0.1) is 18.3 Å². The molecular weight excluding hydrogens is 384 g/mol. The van der Waals surface area contributed by atoms with Crippen LogP contribution < -0.4 is 9.47 Å². The van der Waals surface area contributed by atoms with Crippen molar-refractivity contribution < 1.29 is 9.47 Å². The molecule has 2 aromatic carbocycles. The quantitative estimate of drug-likeness (QED) is 0.410. The number of hydrazone groups is 1. The number of hydrogen-bond donors (Lipinski definition) is 0. The Hall–Kier alpha value is -2.95. The first kappa shape index (κ1) is 18.8. The van der Waals surface area contributed by atoms with Gasteiger partial charge in [-0.3, -0.25) is 0 Å². The highest BCUT2D eigenvalue weighted by Crippen LogP contribution is 2.36. The monoisotopic (exact) mass is 398 g/mol. The molecule has 2 aromatic rings. The highest BCUT2D eigenvalue weighted by Gasteiger charge is 2.27. The second-order valence-electron chi connectivity index (χ2n) is 5.40. The average molecular weight is 399 g/mol. The zero-order valence-corrected chi connectivity index (χ0v) is 15.9. The third-order valence-corrected chi connectivity index (χ3v) is 4.21. The van der Waals surface area contributed by atoms with E-state index in [0.29, 0.717) is 22.1 Å². The predicted molar refractivity (Wildman–Crippen MR) is 108 cm³/mol. The number of nitrogens with zero attached hydrogens (tertiary/aromatic N) is 4. The topological polar surface area (TPSA) is 58.8 Å². The lowest BCUT2D eigenvalue weighted by molar-refractivity contribution is 0.331. The van der Waals surface area contributed by atoms with Gasteiger partial charge < -0.3 is 9.47 Å². The lowest BCUT2D eigenvalue weighted by atomic mass is 10.2. The van der Waals surface area contributed by atoms with Crippen LogP contribution in [0.1, 0.15) is 17.3 Å². The number of hydrogen-bond acceptors (Lipinski definition) is 5. The maximum Gasteiger partial charge on any atom is 0.238 e. The van der Waals surface area contributed by atoms with Crippen LogP contribution in [0.5, 0.6) is 11.5 Å². The number of ether oxygens (including phenoxy) is 2. The van der Waals surface area contributed by atoms with Crippen molar-refractivity contribution in [2.75, 3.05) is 13.7 Å². The van der Waals surface area contributed by atoms with E-state index in [9.17, 15) is 0 Å². The Bertz CT molecular complexity index is 941. The molecule has 136 valence electrons. The SMILES string of the molecule is C#CCOc1c(Cl)cc(C=NN2C(=S)N=NC2c2ccccc2)cc1OC. The maximum absolute atomic E-state index is 6.29. The molecule has 1 unspecified atom stereocenters. The molecule has 27 heavy (non-hydrogen) atoms. The Labute approximate surface area is 167 Å². The van der Waals surface area contributed by atoms with Gasteiger partial charge >= 0.3 is 0 Å². The van der Waals surface area contributed by atoms with Gasteiger partial charge in [0.15, 0.2) is 17.7 Å². The van der Waals surface area contributed by atoms with Crippen LogP contribution >= 0.6 is 23.8 Å². The first-order valence-corrected chi connectivity index (χ1v) is 8.69. The fourth-order valence-corrected chi connectivity index (χ4v) is 2.91. The van der Waals surface area contributed by atoms with Crippen molar-refractivity contribution in [2.24, 2.45) is 15.3 Å². The summed E-state index contributed by atoms with van der Waals surface area (Å²) in [6.07, 6.45) is 6.44. The fraction of sp³-hybridized carbons (Fsp3) is 0.158. The summed E-state index contributed by atoms with van der Waals surface area (Å²) < 4.78 is 10.8. The number of azo groups is 1. The van der Waals surface area contributed by atoms with Crippen LogP contribution in [-0.4, -0.2) is 30.1 Å². The number of benzene rings is 2. The van der Waals surface area contributed by atoms with Crippen molar-refractivity contribution in [3.8, 4) is 23.8 Å². The summed E-state index contributed by atoms with van der Waals surface area (Å²) in [4.78, 5) is 0. The first-order valence-electron chi connectivity index (χ1n) is 7.91. The van der Waals surface area contributed by atoms with E-state index in [2.05, 4.69) is 21.3 Å². The minimum Gasteiger partial charge on any atom is -0.493 e. The molecule has 0 fully saturated rings. The average Bonchev–Trinajstić information content (AvgIpc) is 3.06. The van der Waals surface area contributed by atoms with Gasteiger partial charge in [-0.2, -0.15) is 10.2 Å². The fourth-order valence-electron chi connectivity index (χ4n) is 2.45. The Kier molecular flexibility index (Phi) is 6.01. The largest absolute Gasteiger partial charge is 0.493 e. The van der Waals surface area contributed by atoms with E-state index in [0.717, 1.165) is 5.56 Å². The lowest BCUT2D eigenvalue weighted by Crippen LogP contribution is -2.21. The van der Waals surface area contributed by atoms with E-state index in [1.807, 2.05) is 30.3 Å². The van der Waals surface area contributed by atoms with Crippen LogP contribution in [0.3, 0.4) is 0 Å². The van der Waals surface area contributed by atoms with Crippen LogP contribution in [0.15, 0.2) is 57.8 Å². The Morgan fingerprint density at radius 3 is 2.85 bits per heavy atom. The van der Waals surface area contributed by atoms with Crippen molar-refractivity contribution in [3.05, 3.63) is 58.6 Å². The van der Waals surface area contributed by atoms with E-state index >= 15 is 0 Å². The third kappa shape index (κ3) is 4.25. The van der Waals surface area contributed by atoms with E-state index < -0.39 is 6.17 Å². The molecule has 0 bridgehead atoms. The van der Waals surface area contributed by atoms with Gasteiger partial charge in [-0.05, 0) is 29.9 Å². The molecule has 1 heterocycles. The minimum absolute atomic E-state index is 0.0906. The number of terminal acetylenes is 1. The lowest BCUT2D eigenvalue weighted by Gasteiger charge is -2.17. The number of methoxy groups -OCH3 is 1. The molecule has 1 aliphatic heterocycles. The second-order valence-corrected chi connectivity index (χ2v) is 6.17. The van der Waals surface area contributed by atoms with Gasteiger partial charge in [-0.15, -0.1) is 11.5 Å². The second kappa shape index (κ2) is 8.62. The van der Waals surface area contributed by atoms with Gasteiger partial charge in [-0.25, -0.2) is 5.01 Å². The Balaban J connectivity index is 1.85. The van der Waals surface area contributed by atoms with Crippen molar-refractivity contribution in [1.29, 1.82) is 0 Å². The standard InChI is InChI=1S/C19H15ClN4O2S/c1-3-9-26-17-15(20)10-13(11-16(17)25-2)12-21-24-18(22-23-19(24)27)14-7-5-4-6-8-14/h1,4-8,10-12,18H,9H2,2H3. The molecule has 0 N–H and O–H groups in total. The van der Waals surface area contributed by atoms with Crippen LogP contribution in [0.4, 0.5) is 0 Å². The molecule has 0 radical (unpaired) electrons. The minimum atomic E-state index is -0.398. The molecule has 3 rings (SSSR count). The molecule has 0 aromatic heterocycles. The zero-order chi connectivity index (χ0) is 19.2. The molecule has 0 spiro atoms. The smallest absolute Gasteiger partial charge is 0.238 e. The summed E-state index contributed by atoms with van der Waals surface area (Å²) in [7, 11) is 1.52. The van der Waals surface area contributed by atoms with Gasteiger partial charge in [0.1, 0.15) is 6.61 Å².